The molecule has 0 spiro atoms. The predicted octanol–water partition coefficient (Wildman–Crippen LogP) is 3.90. The number of carbonyl (C=O) groups excluding carboxylic acids is 2. The number of amides is 2. The third kappa shape index (κ3) is 5.86. The Morgan fingerprint density at radius 2 is 1.81 bits per heavy atom. The van der Waals surface area contributed by atoms with E-state index in [1.54, 1.807) is 18.6 Å². The Morgan fingerprint density at radius 3 is 2.54 bits per heavy atom. The van der Waals surface area contributed by atoms with Gasteiger partial charge in [0.25, 0.3) is 5.91 Å². The van der Waals surface area contributed by atoms with Crippen molar-refractivity contribution in [3.63, 3.8) is 0 Å². The first-order valence-corrected chi connectivity index (χ1v) is 12.7. The van der Waals surface area contributed by atoms with Gasteiger partial charge in [-0.05, 0) is 36.8 Å². The number of aromatic nitrogens is 3. The summed E-state index contributed by atoms with van der Waals surface area (Å²) in [6.45, 7) is 8.10. The van der Waals surface area contributed by atoms with Gasteiger partial charge in [0.05, 0.1) is 23.0 Å². The van der Waals surface area contributed by atoms with Crippen LogP contribution in [0.5, 0.6) is 0 Å². The van der Waals surface area contributed by atoms with Gasteiger partial charge in [-0.2, -0.15) is 0 Å². The van der Waals surface area contributed by atoms with Crippen molar-refractivity contribution >= 4 is 28.5 Å². The number of carbonyl (C=O) groups is 2. The number of pyridine rings is 1. The minimum Gasteiger partial charge on any atom is -0.336 e. The molecule has 2 aromatic carbocycles. The minimum absolute atomic E-state index is 0.0354. The van der Waals surface area contributed by atoms with Gasteiger partial charge in [-0.3, -0.25) is 19.5 Å². The molecule has 5 rings (SSSR count). The molecule has 190 valence electrons. The molecular formula is C29H32N6O2. The molecule has 0 bridgehead atoms. The van der Waals surface area contributed by atoms with Crippen molar-refractivity contribution < 1.29 is 9.59 Å². The van der Waals surface area contributed by atoms with Crippen molar-refractivity contribution in [3.8, 4) is 0 Å². The molecule has 0 aliphatic carbocycles. The maximum absolute atomic E-state index is 13.5. The Balaban J connectivity index is 1.31. The number of nitrogens with zero attached hydrogens (tertiary/aromatic N) is 5. The summed E-state index contributed by atoms with van der Waals surface area (Å²) < 4.78 is 2.01. The Morgan fingerprint density at radius 1 is 0.973 bits per heavy atom. The lowest BCUT2D eigenvalue weighted by Crippen LogP contribution is -2.48. The first kappa shape index (κ1) is 24.6. The second kappa shape index (κ2) is 10.9. The van der Waals surface area contributed by atoms with Crippen LogP contribution in [0.25, 0.3) is 11.0 Å². The van der Waals surface area contributed by atoms with Crippen LogP contribution >= 0.6 is 0 Å². The highest BCUT2D eigenvalue weighted by molar-refractivity contribution is 6.05. The topological polar surface area (TPSA) is 83.4 Å². The SMILES string of the molecule is CC(=O)Nc1cc(C(=O)N2CCN(Cc3cccc(C)c3)CC2)cc2ncn(CCc3ccccn3)c12. The molecule has 1 N–H and O–H groups in total. The van der Waals surface area contributed by atoms with Gasteiger partial charge in [-0.1, -0.05) is 35.9 Å². The van der Waals surface area contributed by atoms with E-state index < -0.39 is 0 Å². The van der Waals surface area contributed by atoms with E-state index in [0.29, 0.717) is 36.4 Å². The zero-order chi connectivity index (χ0) is 25.8. The summed E-state index contributed by atoms with van der Waals surface area (Å²) in [5, 5.41) is 2.92. The fraction of sp³-hybridized carbons (Fsp3) is 0.310. The molecule has 8 nitrogen and oxygen atoms in total. The molecular weight excluding hydrogens is 464 g/mol. The molecule has 1 saturated heterocycles. The van der Waals surface area contributed by atoms with Crippen molar-refractivity contribution in [2.24, 2.45) is 0 Å². The zero-order valence-corrected chi connectivity index (χ0v) is 21.4. The monoisotopic (exact) mass is 496 g/mol. The number of nitrogens with one attached hydrogen (secondary N) is 1. The number of fused-ring (bicyclic) bond motifs is 1. The molecule has 1 aliphatic rings. The van der Waals surface area contributed by atoms with Crippen LogP contribution in [0, 0.1) is 6.92 Å². The summed E-state index contributed by atoms with van der Waals surface area (Å²) in [6.07, 6.45) is 4.28. The molecule has 2 aromatic heterocycles. The highest BCUT2D eigenvalue weighted by Crippen LogP contribution is 2.27. The van der Waals surface area contributed by atoms with Crippen LogP contribution in [-0.4, -0.2) is 62.3 Å². The maximum atomic E-state index is 13.5. The summed E-state index contributed by atoms with van der Waals surface area (Å²) in [4.78, 5) is 38.7. The third-order valence-electron chi connectivity index (χ3n) is 6.75. The quantitative estimate of drug-likeness (QED) is 0.420. The number of piperazine rings is 1. The molecule has 1 aliphatic heterocycles. The largest absolute Gasteiger partial charge is 0.336 e. The highest BCUT2D eigenvalue weighted by atomic mass is 16.2. The number of hydrogen-bond donors (Lipinski definition) is 1. The van der Waals surface area contributed by atoms with Gasteiger partial charge in [0.1, 0.15) is 0 Å². The van der Waals surface area contributed by atoms with E-state index in [4.69, 9.17) is 0 Å². The Kier molecular flexibility index (Phi) is 7.28. The van der Waals surface area contributed by atoms with E-state index in [0.717, 1.165) is 37.3 Å². The number of benzene rings is 2. The normalized spacial score (nSPS) is 14.2. The highest BCUT2D eigenvalue weighted by Gasteiger charge is 2.24. The molecule has 0 radical (unpaired) electrons. The second-order valence-corrected chi connectivity index (χ2v) is 9.64. The van der Waals surface area contributed by atoms with Crippen LogP contribution in [-0.2, 0) is 24.3 Å². The average Bonchev–Trinajstić information content (AvgIpc) is 3.31. The summed E-state index contributed by atoms with van der Waals surface area (Å²) in [6, 6.07) is 18.0. The van der Waals surface area contributed by atoms with E-state index in [1.165, 1.54) is 18.1 Å². The zero-order valence-electron chi connectivity index (χ0n) is 21.4. The van der Waals surface area contributed by atoms with Gasteiger partial charge >= 0.3 is 0 Å². The summed E-state index contributed by atoms with van der Waals surface area (Å²) in [5.74, 6) is -0.222. The molecule has 1 fully saturated rings. The van der Waals surface area contributed by atoms with E-state index in [1.807, 2.05) is 33.7 Å². The second-order valence-electron chi connectivity index (χ2n) is 9.64. The molecule has 4 aromatic rings. The van der Waals surface area contributed by atoms with E-state index in [-0.39, 0.29) is 11.8 Å². The number of anilines is 1. The van der Waals surface area contributed by atoms with Crippen molar-refractivity contribution in [3.05, 3.63) is 89.5 Å². The van der Waals surface area contributed by atoms with Crippen LogP contribution in [0.4, 0.5) is 5.69 Å². The molecule has 2 amide bonds. The summed E-state index contributed by atoms with van der Waals surface area (Å²) >= 11 is 0. The van der Waals surface area contributed by atoms with Crippen LogP contribution in [0.2, 0.25) is 0 Å². The van der Waals surface area contributed by atoms with Crippen LogP contribution < -0.4 is 5.32 Å². The van der Waals surface area contributed by atoms with Gasteiger partial charge in [0.2, 0.25) is 5.91 Å². The van der Waals surface area contributed by atoms with E-state index in [9.17, 15) is 9.59 Å². The molecule has 0 saturated carbocycles. The van der Waals surface area contributed by atoms with Crippen molar-refractivity contribution in [1.82, 2.24) is 24.3 Å². The average molecular weight is 497 g/mol. The first-order valence-electron chi connectivity index (χ1n) is 12.7. The lowest BCUT2D eigenvalue weighted by Gasteiger charge is -2.35. The molecule has 0 unspecified atom stereocenters. The number of aryl methyl sites for hydroxylation is 3. The van der Waals surface area contributed by atoms with E-state index in [2.05, 4.69) is 51.4 Å². The van der Waals surface area contributed by atoms with Gasteiger partial charge in [-0.25, -0.2) is 4.98 Å². The minimum atomic E-state index is -0.187. The smallest absolute Gasteiger partial charge is 0.254 e. The lowest BCUT2D eigenvalue weighted by molar-refractivity contribution is -0.114. The van der Waals surface area contributed by atoms with Gasteiger partial charge in [0.15, 0.2) is 0 Å². The Labute approximate surface area is 216 Å². The van der Waals surface area contributed by atoms with Crippen LogP contribution in [0.3, 0.4) is 0 Å². The summed E-state index contributed by atoms with van der Waals surface area (Å²) in [7, 11) is 0. The van der Waals surface area contributed by atoms with Crippen molar-refractivity contribution in [1.29, 1.82) is 0 Å². The van der Waals surface area contributed by atoms with Gasteiger partial charge < -0.3 is 14.8 Å². The fourth-order valence-electron chi connectivity index (χ4n) is 4.93. The Hall–Kier alpha value is -4.04. The number of hydrogen-bond acceptors (Lipinski definition) is 5. The van der Waals surface area contributed by atoms with Crippen molar-refractivity contribution in [2.45, 2.75) is 33.4 Å². The fourth-order valence-corrected chi connectivity index (χ4v) is 4.93. The molecule has 0 atom stereocenters. The maximum Gasteiger partial charge on any atom is 0.254 e. The molecule has 37 heavy (non-hydrogen) atoms. The molecule has 8 heteroatoms. The van der Waals surface area contributed by atoms with E-state index >= 15 is 0 Å². The predicted molar refractivity (Wildman–Crippen MR) is 144 cm³/mol. The Bertz CT molecular complexity index is 1410. The molecule has 3 heterocycles. The third-order valence-corrected chi connectivity index (χ3v) is 6.75. The number of rotatable bonds is 7. The van der Waals surface area contributed by atoms with Gasteiger partial charge in [-0.15, -0.1) is 0 Å². The van der Waals surface area contributed by atoms with Crippen LogP contribution in [0.1, 0.15) is 34.1 Å². The standard InChI is InChI=1S/C29H32N6O2/c1-21-6-5-7-23(16-21)19-33-12-14-34(15-13-33)29(37)24-17-26-28(27(18-24)32-22(2)36)35(20-31-26)11-9-25-8-3-4-10-30-25/h3-8,10,16-18,20H,9,11-15,19H2,1-2H3,(H,32,36). The number of imidazole rings is 1. The first-order chi connectivity index (χ1) is 18.0. The van der Waals surface area contributed by atoms with Crippen LogP contribution in [0.15, 0.2) is 67.1 Å². The lowest BCUT2D eigenvalue weighted by atomic mass is 10.1. The van der Waals surface area contributed by atoms with Gasteiger partial charge in [0, 0.05) is 70.1 Å². The van der Waals surface area contributed by atoms with Crippen molar-refractivity contribution in [2.75, 3.05) is 31.5 Å². The summed E-state index contributed by atoms with van der Waals surface area (Å²) in [5.41, 5.74) is 6.18.